The number of aromatic nitrogens is 1. The van der Waals surface area contributed by atoms with Crippen molar-refractivity contribution in [1.29, 1.82) is 0 Å². The Hall–Kier alpha value is -3.08. The van der Waals surface area contributed by atoms with Gasteiger partial charge >= 0.3 is 0 Å². The first-order valence-corrected chi connectivity index (χ1v) is 10.3. The summed E-state index contributed by atoms with van der Waals surface area (Å²) in [5.74, 6) is 0.842. The summed E-state index contributed by atoms with van der Waals surface area (Å²) in [4.78, 5) is 2.02. The molecule has 0 bridgehead atoms. The molecule has 4 nitrogen and oxygen atoms in total. The minimum absolute atomic E-state index is 0.165. The van der Waals surface area contributed by atoms with Crippen LogP contribution in [0.4, 0.5) is 0 Å². The summed E-state index contributed by atoms with van der Waals surface area (Å²) in [5, 5.41) is 12.1. The zero-order valence-corrected chi connectivity index (χ0v) is 17.5. The smallest absolute Gasteiger partial charge is 0.120 e. The maximum atomic E-state index is 11.0. The Morgan fingerprint density at radius 2 is 1.60 bits per heavy atom. The van der Waals surface area contributed by atoms with Crippen LogP contribution >= 0.6 is 0 Å². The molecule has 0 aliphatic carbocycles. The second-order valence-corrected chi connectivity index (χ2v) is 7.90. The highest BCUT2D eigenvalue weighted by Gasteiger charge is 2.24. The molecule has 0 saturated carbocycles. The molecule has 0 fully saturated rings. The van der Waals surface area contributed by atoms with Crippen LogP contribution in [0.5, 0.6) is 5.75 Å². The van der Waals surface area contributed by atoms with Crippen molar-refractivity contribution in [3.05, 3.63) is 102 Å². The zero-order valence-electron chi connectivity index (χ0n) is 17.5. The minimum atomic E-state index is -0.535. The molecule has 4 rings (SSSR count). The summed E-state index contributed by atoms with van der Waals surface area (Å²) < 4.78 is 8.16. The van der Waals surface area contributed by atoms with Crippen molar-refractivity contribution in [3.8, 4) is 5.75 Å². The second kappa shape index (κ2) is 9.16. The lowest BCUT2D eigenvalue weighted by Crippen LogP contribution is -2.34. The molecule has 0 unspecified atom stereocenters. The lowest BCUT2D eigenvalue weighted by Gasteiger charge is -2.28. The maximum absolute atomic E-state index is 11.0. The zero-order chi connectivity index (χ0) is 20.9. The normalized spacial score (nSPS) is 13.5. The van der Waals surface area contributed by atoms with Crippen molar-refractivity contribution in [2.24, 2.45) is 0 Å². The number of fused-ring (bicyclic) bond motifs is 1. The number of hydrogen-bond acceptors (Lipinski definition) is 3. The summed E-state index contributed by atoms with van der Waals surface area (Å²) in [6.45, 7) is 1.12. The number of aliphatic hydroxyl groups excluding tert-OH is 1. The molecule has 154 valence electrons. The van der Waals surface area contributed by atoms with E-state index in [0.29, 0.717) is 13.2 Å². The molecule has 3 aromatic carbocycles. The van der Waals surface area contributed by atoms with Crippen LogP contribution < -0.4 is 4.74 Å². The average molecular weight is 401 g/mol. The molecule has 30 heavy (non-hydrogen) atoms. The van der Waals surface area contributed by atoms with E-state index in [1.807, 2.05) is 61.5 Å². The van der Waals surface area contributed by atoms with Gasteiger partial charge in [-0.05, 0) is 49.5 Å². The Bertz CT molecular complexity index is 1070. The standard InChI is InChI=1S/C26H28N2O2/c1-27(2)18-25(29)26(21-11-7-4-8-12-21)28-16-15-22-17-23(13-14-24(22)28)30-19-20-9-5-3-6-10-20/h3-17,25-26,29H,18-19H2,1-2H3/t25-,26+/m1/s1. The van der Waals surface area contributed by atoms with E-state index in [4.69, 9.17) is 4.74 Å². The van der Waals surface area contributed by atoms with Gasteiger partial charge in [-0.2, -0.15) is 0 Å². The number of ether oxygens (including phenoxy) is 1. The number of hydrogen-bond donors (Lipinski definition) is 1. The maximum Gasteiger partial charge on any atom is 0.120 e. The van der Waals surface area contributed by atoms with Gasteiger partial charge in [0.25, 0.3) is 0 Å². The van der Waals surface area contributed by atoms with Crippen LogP contribution in [0.3, 0.4) is 0 Å². The van der Waals surface area contributed by atoms with Gasteiger partial charge in [0.1, 0.15) is 12.4 Å². The first kappa shape index (κ1) is 20.2. The lowest BCUT2D eigenvalue weighted by molar-refractivity contribution is 0.101. The predicted molar refractivity (Wildman–Crippen MR) is 122 cm³/mol. The van der Waals surface area contributed by atoms with E-state index in [0.717, 1.165) is 27.8 Å². The average Bonchev–Trinajstić information content (AvgIpc) is 3.16. The van der Waals surface area contributed by atoms with Gasteiger partial charge in [-0.1, -0.05) is 60.7 Å². The van der Waals surface area contributed by atoms with Crippen molar-refractivity contribution < 1.29 is 9.84 Å². The SMILES string of the molecule is CN(C)C[C@@H](O)[C@H](c1ccccc1)n1ccc2cc(OCc3ccccc3)ccc21. The van der Waals surface area contributed by atoms with Gasteiger partial charge in [-0.25, -0.2) is 0 Å². The molecule has 4 aromatic rings. The molecule has 1 N–H and O–H groups in total. The highest BCUT2D eigenvalue weighted by molar-refractivity contribution is 5.82. The molecule has 1 aromatic heterocycles. The fourth-order valence-corrected chi connectivity index (χ4v) is 3.91. The number of aliphatic hydroxyl groups is 1. The largest absolute Gasteiger partial charge is 0.489 e. The first-order valence-electron chi connectivity index (χ1n) is 10.3. The van der Waals surface area contributed by atoms with Crippen LogP contribution in [0.2, 0.25) is 0 Å². The first-order chi connectivity index (χ1) is 14.6. The van der Waals surface area contributed by atoms with E-state index in [1.54, 1.807) is 0 Å². The molecule has 1 heterocycles. The van der Waals surface area contributed by atoms with Crippen LogP contribution in [0.1, 0.15) is 17.2 Å². The molecule has 0 aliphatic heterocycles. The number of rotatable bonds is 8. The van der Waals surface area contributed by atoms with Crippen molar-refractivity contribution in [1.82, 2.24) is 9.47 Å². The third-order valence-corrected chi connectivity index (χ3v) is 5.30. The quantitative estimate of drug-likeness (QED) is 0.465. The van der Waals surface area contributed by atoms with Gasteiger partial charge in [0.2, 0.25) is 0 Å². The molecule has 0 saturated heterocycles. The Kier molecular flexibility index (Phi) is 6.17. The van der Waals surface area contributed by atoms with E-state index in [2.05, 4.69) is 53.2 Å². The molecule has 2 atom stereocenters. The molecular formula is C26H28N2O2. The fourth-order valence-electron chi connectivity index (χ4n) is 3.91. The van der Waals surface area contributed by atoms with Crippen molar-refractivity contribution in [2.75, 3.05) is 20.6 Å². The number of likely N-dealkylation sites (N-methyl/N-ethyl adjacent to an activating group) is 1. The molecule has 0 spiro atoms. The Morgan fingerprint density at radius 1 is 0.900 bits per heavy atom. The van der Waals surface area contributed by atoms with Crippen LogP contribution in [0, 0.1) is 0 Å². The minimum Gasteiger partial charge on any atom is -0.489 e. The van der Waals surface area contributed by atoms with Crippen LogP contribution in [0.25, 0.3) is 10.9 Å². The van der Waals surface area contributed by atoms with Gasteiger partial charge in [0.15, 0.2) is 0 Å². The summed E-state index contributed by atoms with van der Waals surface area (Å²) >= 11 is 0. The lowest BCUT2D eigenvalue weighted by atomic mass is 10.0. The highest BCUT2D eigenvalue weighted by Crippen LogP contribution is 2.30. The van der Waals surface area contributed by atoms with Gasteiger partial charge in [0.05, 0.1) is 12.1 Å². The summed E-state index contributed by atoms with van der Waals surface area (Å²) in [7, 11) is 3.96. The van der Waals surface area contributed by atoms with Crippen molar-refractivity contribution >= 4 is 10.9 Å². The number of benzene rings is 3. The van der Waals surface area contributed by atoms with Crippen LogP contribution in [-0.4, -0.2) is 41.3 Å². The fraction of sp³-hybridized carbons (Fsp3) is 0.231. The summed E-state index contributed by atoms with van der Waals surface area (Å²) in [6, 6.07) is 28.4. The predicted octanol–water partition coefficient (Wildman–Crippen LogP) is 4.73. The van der Waals surface area contributed by atoms with Crippen LogP contribution in [-0.2, 0) is 6.61 Å². The molecule has 0 radical (unpaired) electrons. The summed E-state index contributed by atoms with van der Waals surface area (Å²) in [6.07, 6.45) is 1.52. The van der Waals surface area contributed by atoms with Gasteiger partial charge in [-0.3, -0.25) is 0 Å². The van der Waals surface area contributed by atoms with E-state index in [9.17, 15) is 5.11 Å². The van der Waals surface area contributed by atoms with Gasteiger partial charge in [-0.15, -0.1) is 0 Å². The van der Waals surface area contributed by atoms with E-state index in [-0.39, 0.29) is 6.04 Å². The monoisotopic (exact) mass is 400 g/mol. The van der Waals surface area contributed by atoms with Gasteiger partial charge in [0, 0.05) is 23.6 Å². The Morgan fingerprint density at radius 3 is 2.30 bits per heavy atom. The van der Waals surface area contributed by atoms with E-state index >= 15 is 0 Å². The number of nitrogens with zero attached hydrogens (tertiary/aromatic N) is 2. The van der Waals surface area contributed by atoms with Crippen molar-refractivity contribution in [3.63, 3.8) is 0 Å². The van der Waals surface area contributed by atoms with E-state index in [1.165, 1.54) is 0 Å². The molecule has 4 heteroatoms. The second-order valence-electron chi connectivity index (χ2n) is 7.90. The topological polar surface area (TPSA) is 37.6 Å². The Labute approximate surface area is 178 Å². The summed E-state index contributed by atoms with van der Waals surface area (Å²) in [5.41, 5.74) is 3.31. The van der Waals surface area contributed by atoms with Gasteiger partial charge < -0.3 is 19.3 Å². The molecule has 0 aliphatic rings. The Balaban J connectivity index is 1.63. The molecule has 0 amide bonds. The third-order valence-electron chi connectivity index (χ3n) is 5.30. The molecular weight excluding hydrogens is 372 g/mol. The van der Waals surface area contributed by atoms with E-state index < -0.39 is 6.10 Å². The van der Waals surface area contributed by atoms with Crippen molar-refractivity contribution in [2.45, 2.75) is 18.8 Å². The highest BCUT2D eigenvalue weighted by atomic mass is 16.5. The van der Waals surface area contributed by atoms with Crippen LogP contribution in [0.15, 0.2) is 91.1 Å². The third kappa shape index (κ3) is 4.56.